The van der Waals surface area contributed by atoms with E-state index in [0.717, 1.165) is 0 Å². The Labute approximate surface area is 104 Å². The summed E-state index contributed by atoms with van der Waals surface area (Å²) in [5.41, 5.74) is 0.298. The van der Waals surface area contributed by atoms with Gasteiger partial charge in [0.1, 0.15) is 5.58 Å². The second-order valence-electron chi connectivity index (χ2n) is 3.88. The van der Waals surface area contributed by atoms with Gasteiger partial charge in [0.15, 0.2) is 5.76 Å². The molecule has 0 saturated carbocycles. The van der Waals surface area contributed by atoms with Crippen LogP contribution < -0.4 is 5.43 Å². The van der Waals surface area contributed by atoms with Crippen molar-refractivity contribution in [3.8, 4) is 17.1 Å². The van der Waals surface area contributed by atoms with E-state index in [1.807, 2.05) is 0 Å². The third kappa shape index (κ3) is 1.57. The summed E-state index contributed by atoms with van der Waals surface area (Å²) in [6, 6.07) is 13.5. The molecule has 3 rings (SSSR count). The first kappa shape index (κ1) is 9.48. The molecule has 1 heterocycles. The molecule has 88 valence electrons. The average Bonchev–Trinajstić information content (AvgIpc) is 2.44. The smallest absolute Gasteiger partial charge is 0.235 e. The van der Waals surface area contributed by atoms with Gasteiger partial charge in [0.25, 0.3) is 0 Å². The van der Waals surface area contributed by atoms with Crippen LogP contribution in [0.15, 0.2) is 63.8 Å². The molecule has 0 aliphatic rings. The van der Waals surface area contributed by atoms with Crippen molar-refractivity contribution in [3.63, 3.8) is 0 Å². The van der Waals surface area contributed by atoms with Gasteiger partial charge in [-0.1, -0.05) is 42.4 Å². The monoisotopic (exact) mass is 239 g/mol. The van der Waals surface area contributed by atoms with Gasteiger partial charge >= 0.3 is 0 Å². The largest absolute Gasteiger partial charge is 0.502 e. The molecule has 3 nitrogen and oxygen atoms in total. The first-order valence-electron chi connectivity index (χ1n) is 5.99. The lowest BCUT2D eigenvalue weighted by Crippen LogP contribution is -2.02. The Morgan fingerprint density at radius 2 is 1.83 bits per heavy atom. The molecule has 0 unspecified atom stereocenters. The molecular weight excluding hydrogens is 228 g/mol. The van der Waals surface area contributed by atoms with Crippen LogP contribution in [-0.2, 0) is 0 Å². The van der Waals surface area contributed by atoms with E-state index in [1.165, 1.54) is 0 Å². The zero-order valence-electron chi connectivity index (χ0n) is 10.4. The Balaban J connectivity index is 2.40. The van der Waals surface area contributed by atoms with Crippen LogP contribution in [0.4, 0.5) is 0 Å². The van der Waals surface area contributed by atoms with Crippen molar-refractivity contribution in [2.45, 2.75) is 0 Å². The molecule has 0 saturated heterocycles. The number of rotatable bonds is 1. The van der Waals surface area contributed by atoms with E-state index in [-0.39, 0.29) is 11.8 Å². The van der Waals surface area contributed by atoms with Crippen molar-refractivity contribution in [2.24, 2.45) is 0 Å². The summed E-state index contributed by atoms with van der Waals surface area (Å²) in [5.74, 6) is -0.423. The van der Waals surface area contributed by atoms with Crippen LogP contribution in [0.1, 0.15) is 1.37 Å². The van der Waals surface area contributed by atoms with Gasteiger partial charge in [0.05, 0.1) is 6.76 Å². The lowest BCUT2D eigenvalue weighted by atomic mass is 10.1. The third-order valence-electron chi connectivity index (χ3n) is 2.73. The molecule has 0 atom stereocenters. The normalized spacial score (nSPS) is 11.4. The van der Waals surface area contributed by atoms with Crippen molar-refractivity contribution >= 4 is 11.0 Å². The zero-order valence-corrected chi connectivity index (χ0v) is 9.38. The summed E-state index contributed by atoms with van der Waals surface area (Å²) in [6.45, 7) is 0. The Morgan fingerprint density at radius 1 is 1.06 bits per heavy atom. The summed E-state index contributed by atoms with van der Waals surface area (Å²) in [4.78, 5) is 12.1. The highest BCUT2D eigenvalue weighted by Gasteiger charge is 2.14. The van der Waals surface area contributed by atoms with Gasteiger partial charge in [-0.05, 0) is 12.1 Å². The Bertz CT molecular complexity index is 821. The van der Waals surface area contributed by atoms with Gasteiger partial charge in [0.2, 0.25) is 11.2 Å². The number of hydrogen-bond donors (Lipinski definition) is 1. The highest BCUT2D eigenvalue weighted by Crippen LogP contribution is 2.29. The standard InChI is InChI=1S/C15H10O3/c16-13-11-8-4-5-9-12(11)18-15(14(13)17)10-6-2-1-3-7-10/h1-9,17H/i6D. The number of fused-ring (bicyclic) bond motifs is 1. The van der Waals surface area contributed by atoms with E-state index >= 15 is 0 Å². The van der Waals surface area contributed by atoms with Gasteiger partial charge in [-0.3, -0.25) is 4.79 Å². The Morgan fingerprint density at radius 3 is 2.67 bits per heavy atom. The molecule has 0 aliphatic carbocycles. The maximum absolute atomic E-state index is 12.1. The summed E-state index contributed by atoms with van der Waals surface area (Å²) >= 11 is 0. The minimum absolute atomic E-state index is 0.0364. The van der Waals surface area contributed by atoms with Crippen LogP contribution >= 0.6 is 0 Å². The fraction of sp³-hybridized carbons (Fsp3) is 0. The fourth-order valence-electron chi connectivity index (χ4n) is 1.85. The maximum Gasteiger partial charge on any atom is 0.235 e. The molecule has 0 bridgehead atoms. The van der Waals surface area contributed by atoms with Crippen molar-refractivity contribution < 1.29 is 10.9 Å². The molecule has 0 fully saturated rings. The summed E-state index contributed by atoms with van der Waals surface area (Å²) in [6.07, 6.45) is 0. The van der Waals surface area contributed by atoms with Gasteiger partial charge in [-0.2, -0.15) is 0 Å². The van der Waals surface area contributed by atoms with Crippen LogP contribution in [0.25, 0.3) is 22.3 Å². The van der Waals surface area contributed by atoms with Crippen LogP contribution in [0.5, 0.6) is 5.75 Å². The molecule has 3 heteroatoms. The first-order chi connectivity index (χ1) is 9.18. The van der Waals surface area contributed by atoms with E-state index in [4.69, 9.17) is 5.79 Å². The van der Waals surface area contributed by atoms with E-state index < -0.39 is 11.2 Å². The molecule has 2 aromatic carbocycles. The highest BCUT2D eigenvalue weighted by atomic mass is 16.4. The predicted molar refractivity (Wildman–Crippen MR) is 69.6 cm³/mol. The number of benzene rings is 2. The number of para-hydroxylation sites is 1. The van der Waals surface area contributed by atoms with Crippen LogP contribution in [0.2, 0.25) is 0 Å². The van der Waals surface area contributed by atoms with Gasteiger partial charge < -0.3 is 9.52 Å². The van der Waals surface area contributed by atoms with Crippen LogP contribution in [-0.4, -0.2) is 5.11 Å². The summed E-state index contributed by atoms with van der Waals surface area (Å²) < 4.78 is 13.4. The quantitative estimate of drug-likeness (QED) is 0.709. The molecule has 0 aliphatic heterocycles. The molecule has 18 heavy (non-hydrogen) atoms. The topological polar surface area (TPSA) is 50.4 Å². The highest BCUT2D eigenvalue weighted by molar-refractivity contribution is 5.81. The molecular formula is C15H10O3. The molecule has 1 aromatic heterocycles. The number of aromatic hydroxyl groups is 1. The fourth-order valence-corrected chi connectivity index (χ4v) is 1.85. The van der Waals surface area contributed by atoms with Crippen LogP contribution in [0.3, 0.4) is 0 Å². The molecule has 1 N–H and O–H groups in total. The van der Waals surface area contributed by atoms with Crippen molar-refractivity contribution in [1.82, 2.24) is 0 Å². The average molecular weight is 239 g/mol. The lowest BCUT2D eigenvalue weighted by molar-refractivity contribution is 0.449. The lowest BCUT2D eigenvalue weighted by Gasteiger charge is -2.05. The SMILES string of the molecule is [2H]c1ccccc1-c1oc2ccccc2c(=O)c1O. The van der Waals surface area contributed by atoms with Gasteiger partial charge in [0, 0.05) is 5.56 Å². The molecule has 0 spiro atoms. The van der Waals surface area contributed by atoms with E-state index in [2.05, 4.69) is 0 Å². The molecule has 0 radical (unpaired) electrons. The minimum atomic E-state index is -0.486. The zero-order chi connectivity index (χ0) is 13.4. The second-order valence-corrected chi connectivity index (χ2v) is 3.88. The van der Waals surface area contributed by atoms with Crippen molar-refractivity contribution in [3.05, 3.63) is 64.8 Å². The third-order valence-corrected chi connectivity index (χ3v) is 2.73. The van der Waals surface area contributed by atoms with Crippen molar-refractivity contribution in [2.75, 3.05) is 0 Å². The minimum Gasteiger partial charge on any atom is -0.502 e. The van der Waals surface area contributed by atoms with E-state index in [1.54, 1.807) is 48.5 Å². The van der Waals surface area contributed by atoms with Crippen LogP contribution in [0, 0.1) is 0 Å². The second kappa shape index (κ2) is 4.04. The molecule has 0 amide bonds. The van der Waals surface area contributed by atoms with Gasteiger partial charge in [-0.15, -0.1) is 0 Å². The maximum atomic E-state index is 12.1. The Hall–Kier alpha value is -2.55. The number of hydrogen-bond acceptors (Lipinski definition) is 3. The summed E-state index contributed by atoms with van der Waals surface area (Å²) in [5, 5.41) is 10.3. The summed E-state index contributed by atoms with van der Waals surface area (Å²) in [7, 11) is 0. The first-order valence-corrected chi connectivity index (χ1v) is 5.49. The Kier molecular flexibility index (Phi) is 2.12. The van der Waals surface area contributed by atoms with Gasteiger partial charge in [-0.25, -0.2) is 0 Å². The molecule has 3 aromatic rings. The van der Waals surface area contributed by atoms with E-state index in [0.29, 0.717) is 16.5 Å². The predicted octanol–water partition coefficient (Wildman–Crippen LogP) is 3.17. The van der Waals surface area contributed by atoms with E-state index in [9.17, 15) is 9.90 Å². The van der Waals surface area contributed by atoms with Crippen molar-refractivity contribution in [1.29, 1.82) is 0 Å².